The molecule has 0 radical (unpaired) electrons. The SMILES string of the molecule is CCOc1ccc(S(=O)(=O)Nc2cc(OC)c(OC)cc2C(=O)Nc2ccc(F)cc2C)cc1. The molecular weight excluding hydrogens is 463 g/mol. The largest absolute Gasteiger partial charge is 0.494 e. The second kappa shape index (κ2) is 10.4. The van der Waals surface area contributed by atoms with Gasteiger partial charge in [-0.2, -0.15) is 0 Å². The molecule has 0 saturated carbocycles. The third-order valence-corrected chi connectivity index (χ3v) is 6.28. The topological polar surface area (TPSA) is 103 Å². The maximum atomic E-state index is 13.4. The van der Waals surface area contributed by atoms with Crippen LogP contribution in [0.3, 0.4) is 0 Å². The van der Waals surface area contributed by atoms with Gasteiger partial charge in [-0.15, -0.1) is 0 Å². The first-order chi connectivity index (χ1) is 16.2. The predicted molar refractivity (Wildman–Crippen MR) is 127 cm³/mol. The summed E-state index contributed by atoms with van der Waals surface area (Å²) in [6, 6.07) is 12.5. The molecule has 0 heterocycles. The van der Waals surface area contributed by atoms with Gasteiger partial charge in [-0.25, -0.2) is 12.8 Å². The minimum absolute atomic E-state index is 0.0177. The Hall–Kier alpha value is -3.79. The highest BCUT2D eigenvalue weighted by molar-refractivity contribution is 7.92. The van der Waals surface area contributed by atoms with Crippen LogP contribution < -0.4 is 24.2 Å². The van der Waals surface area contributed by atoms with Gasteiger partial charge in [0, 0.05) is 11.8 Å². The third kappa shape index (κ3) is 5.57. The minimum Gasteiger partial charge on any atom is -0.494 e. The van der Waals surface area contributed by atoms with Crippen LogP contribution in [0, 0.1) is 12.7 Å². The van der Waals surface area contributed by atoms with Gasteiger partial charge in [0.05, 0.1) is 37.0 Å². The number of hydrogen-bond acceptors (Lipinski definition) is 6. The van der Waals surface area contributed by atoms with Crippen molar-refractivity contribution in [2.75, 3.05) is 30.9 Å². The van der Waals surface area contributed by atoms with E-state index in [1.54, 1.807) is 6.92 Å². The Morgan fingerprint density at radius 3 is 2.18 bits per heavy atom. The Labute approximate surface area is 197 Å². The highest BCUT2D eigenvalue weighted by Crippen LogP contribution is 2.35. The fourth-order valence-electron chi connectivity index (χ4n) is 3.19. The minimum atomic E-state index is -4.06. The Balaban J connectivity index is 2.00. The summed E-state index contributed by atoms with van der Waals surface area (Å²) in [5, 5.41) is 2.68. The van der Waals surface area contributed by atoms with Crippen LogP contribution in [0.2, 0.25) is 0 Å². The van der Waals surface area contributed by atoms with E-state index in [2.05, 4.69) is 10.0 Å². The average molecular weight is 489 g/mol. The summed E-state index contributed by atoms with van der Waals surface area (Å²) >= 11 is 0. The summed E-state index contributed by atoms with van der Waals surface area (Å²) in [6.07, 6.45) is 0. The van der Waals surface area contributed by atoms with Crippen molar-refractivity contribution in [3.63, 3.8) is 0 Å². The molecule has 0 atom stereocenters. The fourth-order valence-corrected chi connectivity index (χ4v) is 4.26. The molecule has 0 fully saturated rings. The third-order valence-electron chi connectivity index (χ3n) is 4.89. The van der Waals surface area contributed by atoms with Crippen LogP contribution in [0.4, 0.5) is 15.8 Å². The molecule has 0 unspecified atom stereocenters. The van der Waals surface area contributed by atoms with Crippen molar-refractivity contribution in [1.29, 1.82) is 0 Å². The zero-order valence-corrected chi connectivity index (χ0v) is 20.0. The molecule has 0 spiro atoms. The lowest BCUT2D eigenvalue weighted by molar-refractivity contribution is 0.102. The average Bonchev–Trinajstić information content (AvgIpc) is 2.80. The first-order valence-electron chi connectivity index (χ1n) is 10.3. The summed E-state index contributed by atoms with van der Waals surface area (Å²) < 4.78 is 57.9. The number of carbonyl (C=O) groups excluding carboxylic acids is 1. The number of anilines is 2. The van der Waals surface area contributed by atoms with Gasteiger partial charge in [0.25, 0.3) is 15.9 Å². The molecule has 180 valence electrons. The van der Waals surface area contributed by atoms with Crippen LogP contribution in [-0.2, 0) is 10.0 Å². The van der Waals surface area contributed by atoms with Crippen LogP contribution in [0.5, 0.6) is 17.2 Å². The summed E-state index contributed by atoms with van der Waals surface area (Å²) in [6.45, 7) is 3.91. The molecule has 2 N–H and O–H groups in total. The molecule has 0 aliphatic heterocycles. The van der Waals surface area contributed by atoms with E-state index in [-0.39, 0.29) is 27.6 Å². The number of ether oxygens (including phenoxy) is 3. The monoisotopic (exact) mass is 488 g/mol. The number of aryl methyl sites for hydroxylation is 1. The van der Waals surface area contributed by atoms with Crippen molar-refractivity contribution in [3.05, 3.63) is 71.5 Å². The Bertz CT molecular complexity index is 1290. The summed E-state index contributed by atoms with van der Waals surface area (Å²) in [5.41, 5.74) is 0.839. The number of benzene rings is 3. The second-order valence-corrected chi connectivity index (χ2v) is 8.86. The van der Waals surface area contributed by atoms with Gasteiger partial charge in [0.2, 0.25) is 0 Å². The van der Waals surface area contributed by atoms with Crippen LogP contribution in [0.25, 0.3) is 0 Å². The van der Waals surface area contributed by atoms with Crippen molar-refractivity contribution in [2.45, 2.75) is 18.7 Å². The van der Waals surface area contributed by atoms with Crippen LogP contribution in [0.15, 0.2) is 59.5 Å². The molecule has 0 aliphatic carbocycles. The number of methoxy groups -OCH3 is 2. The first-order valence-corrected chi connectivity index (χ1v) is 11.8. The number of sulfonamides is 1. The zero-order chi connectivity index (χ0) is 24.9. The van der Waals surface area contributed by atoms with Gasteiger partial charge in [-0.05, 0) is 67.9 Å². The van der Waals surface area contributed by atoms with E-state index < -0.39 is 21.7 Å². The van der Waals surface area contributed by atoms with Gasteiger partial charge in [-0.1, -0.05) is 0 Å². The highest BCUT2D eigenvalue weighted by Gasteiger charge is 2.23. The molecule has 0 aliphatic rings. The highest BCUT2D eigenvalue weighted by atomic mass is 32.2. The number of hydrogen-bond donors (Lipinski definition) is 2. The van der Waals surface area contributed by atoms with E-state index in [1.165, 1.54) is 68.8 Å². The number of halogens is 1. The number of nitrogens with one attached hydrogen (secondary N) is 2. The molecule has 1 amide bonds. The van der Waals surface area contributed by atoms with Crippen LogP contribution in [-0.4, -0.2) is 35.2 Å². The first kappa shape index (κ1) is 24.8. The standard InChI is InChI=1S/C24H25FN2O6S/c1-5-33-17-7-9-18(10-8-17)34(29,30)27-21-14-23(32-4)22(31-3)13-19(21)24(28)26-20-11-6-16(25)12-15(20)2/h6-14,27H,5H2,1-4H3,(H,26,28). The van der Waals surface area contributed by atoms with E-state index >= 15 is 0 Å². The normalized spacial score (nSPS) is 11.0. The van der Waals surface area contributed by atoms with Gasteiger partial charge in [0.1, 0.15) is 11.6 Å². The van der Waals surface area contributed by atoms with Crippen molar-refractivity contribution in [2.24, 2.45) is 0 Å². The van der Waals surface area contributed by atoms with Gasteiger partial charge < -0.3 is 19.5 Å². The molecule has 0 saturated heterocycles. The fraction of sp³-hybridized carbons (Fsp3) is 0.208. The lowest BCUT2D eigenvalue weighted by Gasteiger charge is -2.17. The van der Waals surface area contributed by atoms with Crippen molar-refractivity contribution >= 4 is 27.3 Å². The molecule has 10 heteroatoms. The Kier molecular flexibility index (Phi) is 7.62. The number of rotatable bonds is 9. The zero-order valence-electron chi connectivity index (χ0n) is 19.1. The summed E-state index contributed by atoms with van der Waals surface area (Å²) in [5.74, 6) is -0.0818. The maximum absolute atomic E-state index is 13.4. The van der Waals surface area contributed by atoms with E-state index in [4.69, 9.17) is 14.2 Å². The summed E-state index contributed by atoms with van der Waals surface area (Å²) in [4.78, 5) is 13.1. The van der Waals surface area contributed by atoms with Crippen LogP contribution in [0.1, 0.15) is 22.8 Å². The van der Waals surface area contributed by atoms with E-state index in [9.17, 15) is 17.6 Å². The molecule has 3 rings (SSSR count). The predicted octanol–water partition coefficient (Wildman–Crippen LogP) is 4.60. The number of carbonyl (C=O) groups is 1. The van der Waals surface area contributed by atoms with Crippen molar-refractivity contribution < 1.29 is 31.8 Å². The van der Waals surface area contributed by atoms with E-state index in [1.807, 2.05) is 6.92 Å². The van der Waals surface area contributed by atoms with Crippen molar-refractivity contribution in [3.8, 4) is 17.2 Å². The maximum Gasteiger partial charge on any atom is 0.261 e. The Morgan fingerprint density at radius 2 is 1.59 bits per heavy atom. The van der Waals surface area contributed by atoms with Gasteiger partial charge in [0.15, 0.2) is 11.5 Å². The molecule has 3 aromatic rings. The van der Waals surface area contributed by atoms with Crippen LogP contribution >= 0.6 is 0 Å². The summed E-state index contributed by atoms with van der Waals surface area (Å²) in [7, 11) is -1.27. The van der Waals surface area contributed by atoms with Gasteiger partial charge in [-0.3, -0.25) is 9.52 Å². The molecular formula is C24H25FN2O6S. The number of amides is 1. The molecule has 8 nitrogen and oxygen atoms in total. The van der Waals surface area contributed by atoms with Crippen molar-refractivity contribution in [1.82, 2.24) is 0 Å². The lowest BCUT2D eigenvalue weighted by Crippen LogP contribution is -2.19. The smallest absolute Gasteiger partial charge is 0.261 e. The molecule has 34 heavy (non-hydrogen) atoms. The van der Waals surface area contributed by atoms with Gasteiger partial charge >= 0.3 is 0 Å². The molecule has 3 aromatic carbocycles. The quantitative estimate of drug-likeness (QED) is 0.456. The van der Waals surface area contributed by atoms with E-state index in [0.717, 1.165) is 0 Å². The lowest BCUT2D eigenvalue weighted by atomic mass is 10.1. The Morgan fingerprint density at radius 1 is 0.941 bits per heavy atom. The molecule has 0 bridgehead atoms. The molecule has 0 aromatic heterocycles. The second-order valence-electron chi connectivity index (χ2n) is 7.18. The van der Waals surface area contributed by atoms with E-state index in [0.29, 0.717) is 23.6 Å².